The van der Waals surface area contributed by atoms with E-state index in [1.165, 1.54) is 0 Å². The van der Waals surface area contributed by atoms with Crippen LogP contribution in [0, 0.1) is 13.8 Å². The summed E-state index contributed by atoms with van der Waals surface area (Å²) >= 11 is 0. The van der Waals surface area contributed by atoms with Crippen LogP contribution in [0.25, 0.3) is 0 Å². The van der Waals surface area contributed by atoms with E-state index in [4.69, 9.17) is 9.47 Å². The second-order valence-corrected chi connectivity index (χ2v) is 6.13. The van der Waals surface area contributed by atoms with Gasteiger partial charge in [0.05, 0.1) is 36.9 Å². The predicted octanol–water partition coefficient (Wildman–Crippen LogP) is 2.01. The highest BCUT2D eigenvalue weighted by molar-refractivity contribution is 5.97. The number of nitrogens with zero attached hydrogens (tertiary/aromatic N) is 3. The zero-order valence-corrected chi connectivity index (χ0v) is 15.1. The highest BCUT2D eigenvalue weighted by Crippen LogP contribution is 2.27. The molecule has 0 atom stereocenters. The summed E-state index contributed by atoms with van der Waals surface area (Å²) in [6, 6.07) is 5.28. The maximum absolute atomic E-state index is 12.9. The number of carbonyl (C=O) groups is 1. The van der Waals surface area contributed by atoms with Gasteiger partial charge in [0.15, 0.2) is 0 Å². The number of ether oxygens (including phenoxy) is 2. The lowest BCUT2D eigenvalue weighted by Crippen LogP contribution is -2.49. The lowest BCUT2D eigenvalue weighted by atomic mass is 10.1. The molecule has 0 unspecified atom stereocenters. The fourth-order valence-corrected chi connectivity index (χ4v) is 3.29. The minimum atomic E-state index is -0.0141. The van der Waals surface area contributed by atoms with Crippen LogP contribution < -0.4 is 14.4 Å². The van der Waals surface area contributed by atoms with E-state index < -0.39 is 0 Å². The van der Waals surface area contributed by atoms with Crippen molar-refractivity contribution in [2.45, 2.75) is 13.8 Å². The molecule has 2 aromatic rings. The Morgan fingerprint density at radius 1 is 1.12 bits per heavy atom. The van der Waals surface area contributed by atoms with Crippen LogP contribution in [0.5, 0.6) is 11.5 Å². The third-order valence-electron chi connectivity index (χ3n) is 4.61. The first-order valence-corrected chi connectivity index (χ1v) is 8.33. The van der Waals surface area contributed by atoms with E-state index in [0.717, 1.165) is 30.2 Å². The molecule has 7 nitrogen and oxygen atoms in total. The first-order valence-electron chi connectivity index (χ1n) is 8.33. The van der Waals surface area contributed by atoms with Crippen LogP contribution in [-0.4, -0.2) is 61.4 Å². The number of piperazine rings is 1. The smallest absolute Gasteiger partial charge is 0.257 e. The lowest BCUT2D eigenvalue weighted by molar-refractivity contribution is 0.0743. The zero-order chi connectivity index (χ0) is 18.0. The molecule has 3 rings (SSSR count). The Hall–Kier alpha value is -2.70. The average molecular weight is 344 g/mol. The number of aromatic nitrogens is 2. The molecule has 134 valence electrons. The molecule has 1 fully saturated rings. The van der Waals surface area contributed by atoms with Crippen LogP contribution in [-0.2, 0) is 0 Å². The lowest BCUT2D eigenvalue weighted by Gasteiger charge is -2.36. The van der Waals surface area contributed by atoms with Gasteiger partial charge in [0.1, 0.15) is 11.5 Å². The standard InChI is InChI=1S/C18H24N4O3/c1-12-17(13(2)20-19-12)21-7-9-22(10-8-21)18(23)15-6-5-14(24-3)11-16(15)25-4/h5-6,11H,7-10H2,1-4H3,(H,19,20). The molecule has 1 aliphatic heterocycles. The Labute approximate surface area is 147 Å². The molecule has 0 aliphatic carbocycles. The Balaban J connectivity index is 1.72. The summed E-state index contributed by atoms with van der Waals surface area (Å²) in [6.45, 7) is 6.92. The number of nitrogens with one attached hydrogen (secondary N) is 1. The number of hydrogen-bond acceptors (Lipinski definition) is 5. The Morgan fingerprint density at radius 2 is 1.84 bits per heavy atom. The van der Waals surface area contributed by atoms with E-state index in [2.05, 4.69) is 15.1 Å². The SMILES string of the molecule is COc1ccc(C(=O)N2CCN(c3c(C)n[nH]c3C)CC2)c(OC)c1. The first-order chi connectivity index (χ1) is 12.0. The molecule has 25 heavy (non-hydrogen) atoms. The number of H-pyrrole nitrogens is 1. The van der Waals surface area contributed by atoms with Crippen molar-refractivity contribution in [3.63, 3.8) is 0 Å². The number of methoxy groups -OCH3 is 2. The van der Waals surface area contributed by atoms with E-state index in [-0.39, 0.29) is 5.91 Å². The summed E-state index contributed by atoms with van der Waals surface area (Å²) in [7, 11) is 3.16. The van der Waals surface area contributed by atoms with Crippen molar-refractivity contribution in [1.82, 2.24) is 15.1 Å². The molecule has 7 heteroatoms. The van der Waals surface area contributed by atoms with E-state index >= 15 is 0 Å². The summed E-state index contributed by atoms with van der Waals surface area (Å²) in [5.74, 6) is 1.19. The molecule has 1 aromatic carbocycles. The van der Waals surface area contributed by atoms with Crippen LogP contribution in [0.1, 0.15) is 21.7 Å². The molecule has 0 spiro atoms. The number of aromatic amines is 1. The van der Waals surface area contributed by atoms with Gasteiger partial charge in [-0.05, 0) is 26.0 Å². The normalized spacial score (nSPS) is 14.6. The van der Waals surface area contributed by atoms with E-state index in [9.17, 15) is 4.79 Å². The second-order valence-electron chi connectivity index (χ2n) is 6.13. The van der Waals surface area contributed by atoms with Crippen LogP contribution in [0.4, 0.5) is 5.69 Å². The number of hydrogen-bond donors (Lipinski definition) is 1. The Morgan fingerprint density at radius 3 is 2.40 bits per heavy atom. The zero-order valence-electron chi connectivity index (χ0n) is 15.1. The van der Waals surface area contributed by atoms with Crippen molar-refractivity contribution < 1.29 is 14.3 Å². The van der Waals surface area contributed by atoms with Gasteiger partial charge < -0.3 is 19.3 Å². The molecule has 0 radical (unpaired) electrons. The monoisotopic (exact) mass is 344 g/mol. The minimum absolute atomic E-state index is 0.0141. The van der Waals surface area contributed by atoms with Gasteiger partial charge in [0.25, 0.3) is 5.91 Å². The highest BCUT2D eigenvalue weighted by Gasteiger charge is 2.26. The van der Waals surface area contributed by atoms with Gasteiger partial charge in [-0.15, -0.1) is 0 Å². The largest absolute Gasteiger partial charge is 0.497 e. The predicted molar refractivity (Wildman–Crippen MR) is 95.7 cm³/mol. The van der Waals surface area contributed by atoms with Gasteiger partial charge in [0.2, 0.25) is 0 Å². The van der Waals surface area contributed by atoms with Crippen LogP contribution in [0.2, 0.25) is 0 Å². The van der Waals surface area contributed by atoms with Gasteiger partial charge in [0, 0.05) is 32.2 Å². The van der Waals surface area contributed by atoms with Crippen LogP contribution in [0.3, 0.4) is 0 Å². The summed E-state index contributed by atoms with van der Waals surface area (Å²) in [6.07, 6.45) is 0. The van der Waals surface area contributed by atoms with Crippen molar-refractivity contribution in [3.05, 3.63) is 35.2 Å². The summed E-state index contributed by atoms with van der Waals surface area (Å²) in [5, 5.41) is 7.28. The van der Waals surface area contributed by atoms with E-state index in [1.807, 2.05) is 18.7 Å². The quantitative estimate of drug-likeness (QED) is 0.919. The molecule has 2 heterocycles. The Bertz CT molecular complexity index is 744. The van der Waals surface area contributed by atoms with Crippen molar-refractivity contribution in [1.29, 1.82) is 0 Å². The second kappa shape index (κ2) is 7.04. The summed E-state index contributed by atoms with van der Waals surface area (Å²) < 4.78 is 10.6. The topological polar surface area (TPSA) is 70.7 Å². The Kier molecular flexibility index (Phi) is 4.83. The fraction of sp³-hybridized carbons (Fsp3) is 0.444. The van der Waals surface area contributed by atoms with Crippen LogP contribution in [0.15, 0.2) is 18.2 Å². The molecule has 1 amide bonds. The molecular formula is C18H24N4O3. The summed E-state index contributed by atoms with van der Waals surface area (Å²) in [5.41, 5.74) is 3.77. The van der Waals surface area contributed by atoms with Gasteiger partial charge in [-0.25, -0.2) is 0 Å². The van der Waals surface area contributed by atoms with Crippen molar-refractivity contribution in [3.8, 4) is 11.5 Å². The van der Waals surface area contributed by atoms with Gasteiger partial charge in [-0.3, -0.25) is 9.89 Å². The molecule has 1 saturated heterocycles. The number of aryl methyl sites for hydroxylation is 2. The number of anilines is 1. The number of amides is 1. The number of rotatable bonds is 4. The molecule has 1 N–H and O–H groups in total. The number of benzene rings is 1. The number of carbonyl (C=O) groups excluding carboxylic acids is 1. The molecule has 0 bridgehead atoms. The highest BCUT2D eigenvalue weighted by atomic mass is 16.5. The molecule has 1 aromatic heterocycles. The maximum Gasteiger partial charge on any atom is 0.257 e. The van der Waals surface area contributed by atoms with Crippen molar-refractivity contribution >= 4 is 11.6 Å². The van der Waals surface area contributed by atoms with E-state index in [0.29, 0.717) is 30.2 Å². The van der Waals surface area contributed by atoms with Gasteiger partial charge in [-0.2, -0.15) is 5.10 Å². The minimum Gasteiger partial charge on any atom is -0.497 e. The summed E-state index contributed by atoms with van der Waals surface area (Å²) in [4.78, 5) is 17.0. The third kappa shape index (κ3) is 3.26. The van der Waals surface area contributed by atoms with Crippen LogP contribution >= 0.6 is 0 Å². The molecule has 1 aliphatic rings. The fourth-order valence-electron chi connectivity index (χ4n) is 3.29. The van der Waals surface area contributed by atoms with Gasteiger partial charge >= 0.3 is 0 Å². The molecular weight excluding hydrogens is 320 g/mol. The molecule has 0 saturated carbocycles. The third-order valence-corrected chi connectivity index (χ3v) is 4.61. The van der Waals surface area contributed by atoms with Crippen molar-refractivity contribution in [2.75, 3.05) is 45.3 Å². The van der Waals surface area contributed by atoms with E-state index in [1.54, 1.807) is 32.4 Å². The van der Waals surface area contributed by atoms with Gasteiger partial charge in [-0.1, -0.05) is 0 Å². The average Bonchev–Trinajstić information content (AvgIpc) is 2.99. The van der Waals surface area contributed by atoms with Crippen molar-refractivity contribution in [2.24, 2.45) is 0 Å². The first kappa shape index (κ1) is 17.1. The maximum atomic E-state index is 12.9.